The first-order valence-corrected chi connectivity index (χ1v) is 11.0. The van der Waals surface area contributed by atoms with Crippen LogP contribution in [-0.2, 0) is 14.8 Å². The van der Waals surface area contributed by atoms with E-state index in [0.29, 0.717) is 24.3 Å². The van der Waals surface area contributed by atoms with Crippen molar-refractivity contribution in [3.63, 3.8) is 0 Å². The second-order valence-corrected chi connectivity index (χ2v) is 8.88. The Balaban J connectivity index is 1.60. The fraction of sp³-hybridized carbons (Fsp3) is 0.400. The van der Waals surface area contributed by atoms with E-state index < -0.39 is 15.9 Å². The van der Waals surface area contributed by atoms with Gasteiger partial charge in [0.2, 0.25) is 15.9 Å². The molecule has 8 nitrogen and oxygen atoms in total. The molecule has 0 aliphatic carbocycles. The van der Waals surface area contributed by atoms with Crippen LogP contribution in [0.15, 0.2) is 45.9 Å². The SMILES string of the molecule is Cc1ccc(NC(=O)CCNC(=O)c2ccco2)cc1S(=O)(=O)N1CCCCC1. The van der Waals surface area contributed by atoms with Crippen molar-refractivity contribution in [1.29, 1.82) is 0 Å². The van der Waals surface area contributed by atoms with Gasteiger partial charge in [-0.05, 0) is 49.6 Å². The summed E-state index contributed by atoms with van der Waals surface area (Å²) in [7, 11) is -3.59. The summed E-state index contributed by atoms with van der Waals surface area (Å²) in [6, 6.07) is 7.99. The quantitative estimate of drug-likeness (QED) is 0.717. The number of sulfonamides is 1. The Kier molecular flexibility index (Phi) is 6.71. The van der Waals surface area contributed by atoms with Crippen LogP contribution in [0.4, 0.5) is 5.69 Å². The summed E-state index contributed by atoms with van der Waals surface area (Å²) >= 11 is 0. The van der Waals surface area contributed by atoms with E-state index in [1.165, 1.54) is 22.7 Å². The molecule has 9 heteroatoms. The number of hydrogen-bond donors (Lipinski definition) is 2. The average molecular weight is 420 g/mol. The Morgan fingerprint density at radius 2 is 1.90 bits per heavy atom. The van der Waals surface area contributed by atoms with E-state index in [1.54, 1.807) is 25.1 Å². The number of aryl methyl sites for hydroxylation is 1. The number of benzene rings is 1. The molecule has 0 unspecified atom stereocenters. The Bertz CT molecular complexity index is 964. The lowest BCUT2D eigenvalue weighted by molar-refractivity contribution is -0.116. The first kappa shape index (κ1) is 21.1. The number of furan rings is 1. The summed E-state index contributed by atoms with van der Waals surface area (Å²) in [5, 5.41) is 5.29. The summed E-state index contributed by atoms with van der Waals surface area (Å²) in [5.41, 5.74) is 1.05. The number of carbonyl (C=O) groups is 2. The molecule has 1 fully saturated rings. The third kappa shape index (κ3) is 5.24. The Hall–Kier alpha value is -2.65. The molecule has 0 spiro atoms. The van der Waals surface area contributed by atoms with E-state index >= 15 is 0 Å². The van der Waals surface area contributed by atoms with Crippen LogP contribution in [0.2, 0.25) is 0 Å². The smallest absolute Gasteiger partial charge is 0.286 e. The minimum Gasteiger partial charge on any atom is -0.459 e. The van der Waals surface area contributed by atoms with E-state index in [2.05, 4.69) is 10.6 Å². The molecule has 156 valence electrons. The van der Waals surface area contributed by atoms with Crippen molar-refractivity contribution in [2.45, 2.75) is 37.5 Å². The van der Waals surface area contributed by atoms with Gasteiger partial charge in [0.25, 0.3) is 5.91 Å². The van der Waals surface area contributed by atoms with Crippen LogP contribution in [0.5, 0.6) is 0 Å². The minimum atomic E-state index is -3.59. The van der Waals surface area contributed by atoms with Crippen LogP contribution >= 0.6 is 0 Å². The number of amides is 2. The molecule has 0 atom stereocenters. The molecule has 0 bridgehead atoms. The number of anilines is 1. The second-order valence-electron chi connectivity index (χ2n) is 6.98. The van der Waals surface area contributed by atoms with Crippen LogP contribution in [0.3, 0.4) is 0 Å². The van der Waals surface area contributed by atoms with Crippen molar-refractivity contribution in [1.82, 2.24) is 9.62 Å². The van der Waals surface area contributed by atoms with Crippen LogP contribution < -0.4 is 10.6 Å². The molecule has 0 saturated carbocycles. The average Bonchev–Trinajstić information content (AvgIpc) is 3.25. The van der Waals surface area contributed by atoms with Crippen molar-refractivity contribution in [3.8, 4) is 0 Å². The summed E-state index contributed by atoms with van der Waals surface area (Å²) < 4.78 is 32.4. The highest BCUT2D eigenvalue weighted by Crippen LogP contribution is 2.26. The molecule has 1 aliphatic rings. The van der Waals surface area contributed by atoms with Crippen LogP contribution in [0, 0.1) is 6.92 Å². The van der Waals surface area contributed by atoms with Gasteiger partial charge in [-0.15, -0.1) is 0 Å². The van der Waals surface area contributed by atoms with Crippen molar-refractivity contribution in [2.24, 2.45) is 0 Å². The first-order chi connectivity index (χ1) is 13.9. The lowest BCUT2D eigenvalue weighted by atomic mass is 10.2. The van der Waals surface area contributed by atoms with Gasteiger partial charge in [-0.3, -0.25) is 9.59 Å². The predicted molar refractivity (Wildman–Crippen MR) is 108 cm³/mol. The highest BCUT2D eigenvalue weighted by atomic mass is 32.2. The van der Waals surface area contributed by atoms with E-state index in [1.807, 2.05) is 0 Å². The topological polar surface area (TPSA) is 109 Å². The second kappa shape index (κ2) is 9.23. The van der Waals surface area contributed by atoms with Crippen molar-refractivity contribution in [2.75, 3.05) is 25.0 Å². The van der Waals surface area contributed by atoms with E-state index in [9.17, 15) is 18.0 Å². The fourth-order valence-electron chi connectivity index (χ4n) is 3.21. The largest absolute Gasteiger partial charge is 0.459 e. The molecule has 2 N–H and O–H groups in total. The van der Waals surface area contributed by atoms with Gasteiger partial charge in [-0.2, -0.15) is 4.31 Å². The molecule has 1 saturated heterocycles. The van der Waals surface area contributed by atoms with Gasteiger partial charge in [-0.25, -0.2) is 8.42 Å². The highest BCUT2D eigenvalue weighted by molar-refractivity contribution is 7.89. The standard InChI is InChI=1S/C20H25N3O5S/c1-15-7-8-16(14-18(15)29(26,27)23-11-3-2-4-12-23)22-19(24)9-10-21-20(25)17-6-5-13-28-17/h5-8,13-14H,2-4,9-12H2,1H3,(H,21,25)(H,22,24). The number of nitrogens with zero attached hydrogens (tertiary/aromatic N) is 1. The molecule has 2 heterocycles. The number of rotatable bonds is 7. The van der Waals surface area contributed by atoms with Crippen molar-refractivity contribution in [3.05, 3.63) is 47.9 Å². The molecular weight excluding hydrogens is 394 g/mol. The zero-order valence-corrected chi connectivity index (χ0v) is 17.1. The van der Waals surface area contributed by atoms with Gasteiger partial charge < -0.3 is 15.1 Å². The Morgan fingerprint density at radius 1 is 1.14 bits per heavy atom. The van der Waals surface area contributed by atoms with E-state index in [4.69, 9.17) is 4.42 Å². The first-order valence-electron chi connectivity index (χ1n) is 9.60. The zero-order chi connectivity index (χ0) is 20.9. The van der Waals surface area contributed by atoms with Gasteiger partial charge in [0.1, 0.15) is 0 Å². The molecule has 3 rings (SSSR count). The van der Waals surface area contributed by atoms with Crippen LogP contribution in [0.25, 0.3) is 0 Å². The van der Waals surface area contributed by atoms with E-state index in [0.717, 1.165) is 19.3 Å². The van der Waals surface area contributed by atoms with Gasteiger partial charge in [0.15, 0.2) is 5.76 Å². The normalized spacial score (nSPS) is 15.1. The Morgan fingerprint density at radius 3 is 2.59 bits per heavy atom. The zero-order valence-electron chi connectivity index (χ0n) is 16.3. The molecule has 2 amide bonds. The summed E-state index contributed by atoms with van der Waals surface area (Å²) in [6.07, 6.45) is 4.21. The maximum Gasteiger partial charge on any atom is 0.286 e. The van der Waals surface area contributed by atoms with Crippen molar-refractivity contribution >= 4 is 27.5 Å². The predicted octanol–water partition coefficient (Wildman–Crippen LogP) is 2.52. The lowest BCUT2D eigenvalue weighted by Crippen LogP contribution is -2.36. The molecule has 1 aromatic carbocycles. The summed E-state index contributed by atoms with van der Waals surface area (Å²) in [4.78, 5) is 24.2. The van der Waals surface area contributed by atoms with Gasteiger partial charge in [-0.1, -0.05) is 12.5 Å². The number of nitrogens with one attached hydrogen (secondary N) is 2. The van der Waals surface area contributed by atoms with Gasteiger partial charge in [0, 0.05) is 31.7 Å². The molecular formula is C20H25N3O5S. The third-order valence-electron chi connectivity index (χ3n) is 4.79. The van der Waals surface area contributed by atoms with Crippen LogP contribution in [0.1, 0.15) is 41.8 Å². The highest BCUT2D eigenvalue weighted by Gasteiger charge is 2.27. The number of carbonyl (C=O) groups excluding carboxylic acids is 2. The van der Waals surface area contributed by atoms with Crippen molar-refractivity contribution < 1.29 is 22.4 Å². The molecule has 1 aromatic heterocycles. The Labute approximate surface area is 170 Å². The van der Waals surface area contributed by atoms with Gasteiger partial charge >= 0.3 is 0 Å². The molecule has 1 aliphatic heterocycles. The lowest BCUT2D eigenvalue weighted by Gasteiger charge is -2.26. The summed E-state index contributed by atoms with van der Waals surface area (Å²) in [5.74, 6) is -0.542. The van der Waals surface area contributed by atoms with Crippen LogP contribution in [-0.4, -0.2) is 44.2 Å². The van der Waals surface area contributed by atoms with Gasteiger partial charge in [0.05, 0.1) is 11.2 Å². The minimum absolute atomic E-state index is 0.0501. The maximum absolute atomic E-state index is 13.0. The fourth-order valence-corrected chi connectivity index (χ4v) is 4.98. The summed E-state index contributed by atoms with van der Waals surface area (Å²) in [6.45, 7) is 2.92. The molecule has 2 aromatic rings. The monoisotopic (exact) mass is 419 g/mol. The number of piperidine rings is 1. The molecule has 29 heavy (non-hydrogen) atoms. The number of hydrogen-bond acceptors (Lipinski definition) is 5. The third-order valence-corrected chi connectivity index (χ3v) is 6.83. The maximum atomic E-state index is 13.0. The van der Waals surface area contributed by atoms with E-state index in [-0.39, 0.29) is 29.5 Å². The molecule has 0 radical (unpaired) electrons.